The van der Waals surface area contributed by atoms with Crippen LogP contribution in [0, 0.1) is 5.82 Å². The standard InChI is InChI=1S/C17H18Cl2FN/c1-2-21-11-13(15-5-3-4-6-16(15)19)9-12-7-8-14(18)10-17(12)20/h3-8,10,13,21H,2,9,11H2,1H3. The first-order valence-corrected chi connectivity index (χ1v) is 7.76. The highest BCUT2D eigenvalue weighted by Crippen LogP contribution is 2.28. The van der Waals surface area contributed by atoms with Gasteiger partial charge >= 0.3 is 0 Å². The molecule has 0 aliphatic carbocycles. The van der Waals surface area contributed by atoms with Crippen LogP contribution >= 0.6 is 23.2 Å². The molecular weight excluding hydrogens is 308 g/mol. The molecule has 0 bridgehead atoms. The van der Waals surface area contributed by atoms with Gasteiger partial charge in [-0.2, -0.15) is 0 Å². The summed E-state index contributed by atoms with van der Waals surface area (Å²) in [6.45, 7) is 3.67. The Bertz CT molecular complexity index is 601. The van der Waals surface area contributed by atoms with Crippen LogP contribution in [0.1, 0.15) is 24.0 Å². The molecule has 0 radical (unpaired) electrons. The Morgan fingerprint density at radius 3 is 2.57 bits per heavy atom. The van der Waals surface area contributed by atoms with Crippen LogP contribution in [0.2, 0.25) is 10.0 Å². The Hall–Kier alpha value is -1.09. The third-order valence-corrected chi connectivity index (χ3v) is 4.05. The maximum atomic E-state index is 14.0. The summed E-state index contributed by atoms with van der Waals surface area (Å²) in [5.41, 5.74) is 1.69. The molecule has 2 aromatic rings. The largest absolute Gasteiger partial charge is 0.316 e. The van der Waals surface area contributed by atoms with Gasteiger partial charge in [0.25, 0.3) is 0 Å². The molecule has 0 saturated heterocycles. The maximum Gasteiger partial charge on any atom is 0.127 e. The Kier molecular flexibility index (Phi) is 6.04. The van der Waals surface area contributed by atoms with Crippen LogP contribution in [-0.2, 0) is 6.42 Å². The lowest BCUT2D eigenvalue weighted by Crippen LogP contribution is -2.23. The Morgan fingerprint density at radius 2 is 1.90 bits per heavy atom. The molecule has 4 heteroatoms. The molecule has 2 rings (SSSR count). The molecule has 0 heterocycles. The molecule has 21 heavy (non-hydrogen) atoms. The van der Waals surface area contributed by atoms with Crippen molar-refractivity contribution in [3.8, 4) is 0 Å². The van der Waals surface area contributed by atoms with Crippen molar-refractivity contribution in [3.63, 3.8) is 0 Å². The topological polar surface area (TPSA) is 12.0 Å². The van der Waals surface area contributed by atoms with Crippen molar-refractivity contribution in [2.75, 3.05) is 13.1 Å². The molecular formula is C17H18Cl2FN. The molecule has 112 valence electrons. The zero-order chi connectivity index (χ0) is 15.2. The van der Waals surface area contributed by atoms with E-state index in [1.165, 1.54) is 6.07 Å². The summed E-state index contributed by atoms with van der Waals surface area (Å²) in [5.74, 6) is -0.148. The van der Waals surface area contributed by atoms with E-state index in [0.717, 1.165) is 23.7 Å². The van der Waals surface area contributed by atoms with Gasteiger partial charge in [0.2, 0.25) is 0 Å². The van der Waals surface area contributed by atoms with E-state index in [1.807, 2.05) is 31.2 Å². The second-order valence-corrected chi connectivity index (χ2v) is 5.81. The summed E-state index contributed by atoms with van der Waals surface area (Å²) < 4.78 is 14.0. The quantitative estimate of drug-likeness (QED) is 0.782. The molecule has 0 aliphatic heterocycles. The lowest BCUT2D eigenvalue weighted by Gasteiger charge is -2.19. The minimum atomic E-state index is -0.268. The van der Waals surface area contributed by atoms with Gasteiger partial charge in [-0.25, -0.2) is 4.39 Å². The van der Waals surface area contributed by atoms with E-state index in [-0.39, 0.29) is 11.7 Å². The van der Waals surface area contributed by atoms with Crippen molar-refractivity contribution in [2.24, 2.45) is 0 Å². The summed E-state index contributed by atoms with van der Waals surface area (Å²) in [6.07, 6.45) is 0.583. The predicted molar refractivity (Wildman–Crippen MR) is 87.9 cm³/mol. The average molecular weight is 326 g/mol. The SMILES string of the molecule is CCNCC(Cc1ccc(Cl)cc1F)c1ccccc1Cl. The van der Waals surface area contributed by atoms with Gasteiger partial charge in [-0.3, -0.25) is 0 Å². The van der Waals surface area contributed by atoms with E-state index in [4.69, 9.17) is 23.2 Å². The van der Waals surface area contributed by atoms with Gasteiger partial charge in [0.15, 0.2) is 0 Å². The van der Waals surface area contributed by atoms with Crippen LogP contribution in [-0.4, -0.2) is 13.1 Å². The molecule has 0 spiro atoms. The van der Waals surface area contributed by atoms with Crippen LogP contribution < -0.4 is 5.32 Å². The Morgan fingerprint density at radius 1 is 1.14 bits per heavy atom. The van der Waals surface area contributed by atoms with Crippen molar-refractivity contribution in [2.45, 2.75) is 19.3 Å². The minimum absolute atomic E-state index is 0.120. The average Bonchev–Trinajstić information content (AvgIpc) is 2.46. The van der Waals surface area contributed by atoms with Crippen LogP contribution in [0.15, 0.2) is 42.5 Å². The summed E-state index contributed by atoms with van der Waals surface area (Å²) in [7, 11) is 0. The lowest BCUT2D eigenvalue weighted by atomic mass is 9.91. The second kappa shape index (κ2) is 7.79. The number of halogens is 3. The molecule has 1 unspecified atom stereocenters. The summed E-state index contributed by atoms with van der Waals surface area (Å²) >= 11 is 12.1. The third-order valence-electron chi connectivity index (χ3n) is 3.47. The molecule has 1 N–H and O–H groups in total. The first-order chi connectivity index (χ1) is 10.1. The van der Waals surface area contributed by atoms with Crippen molar-refractivity contribution in [3.05, 3.63) is 69.5 Å². The fourth-order valence-corrected chi connectivity index (χ4v) is 2.82. The highest BCUT2D eigenvalue weighted by molar-refractivity contribution is 6.31. The maximum absolute atomic E-state index is 14.0. The monoisotopic (exact) mass is 325 g/mol. The normalized spacial score (nSPS) is 12.4. The van der Waals surface area contributed by atoms with E-state index in [0.29, 0.717) is 17.0 Å². The molecule has 1 atom stereocenters. The number of likely N-dealkylation sites (N-methyl/N-ethyl adjacent to an activating group) is 1. The molecule has 0 saturated carbocycles. The molecule has 1 nitrogen and oxygen atoms in total. The molecule has 0 aromatic heterocycles. The van der Waals surface area contributed by atoms with Crippen LogP contribution in [0.4, 0.5) is 4.39 Å². The van der Waals surface area contributed by atoms with Gasteiger partial charge < -0.3 is 5.32 Å². The van der Waals surface area contributed by atoms with Crippen molar-refractivity contribution < 1.29 is 4.39 Å². The van der Waals surface area contributed by atoms with Gasteiger partial charge in [0.05, 0.1) is 0 Å². The van der Waals surface area contributed by atoms with Crippen LogP contribution in [0.5, 0.6) is 0 Å². The summed E-state index contributed by atoms with van der Waals surface area (Å²) in [4.78, 5) is 0. The smallest absolute Gasteiger partial charge is 0.127 e. The Labute approximate surface area is 135 Å². The zero-order valence-electron chi connectivity index (χ0n) is 11.9. The van der Waals surface area contributed by atoms with E-state index in [1.54, 1.807) is 12.1 Å². The zero-order valence-corrected chi connectivity index (χ0v) is 13.4. The lowest BCUT2D eigenvalue weighted by molar-refractivity contribution is 0.562. The van der Waals surface area contributed by atoms with Gasteiger partial charge in [-0.05, 0) is 42.3 Å². The van der Waals surface area contributed by atoms with Crippen molar-refractivity contribution in [1.82, 2.24) is 5.32 Å². The minimum Gasteiger partial charge on any atom is -0.316 e. The van der Waals surface area contributed by atoms with E-state index in [9.17, 15) is 4.39 Å². The van der Waals surface area contributed by atoms with Crippen LogP contribution in [0.3, 0.4) is 0 Å². The third kappa shape index (κ3) is 4.44. The number of hydrogen-bond donors (Lipinski definition) is 1. The number of benzene rings is 2. The van der Waals surface area contributed by atoms with Crippen molar-refractivity contribution >= 4 is 23.2 Å². The molecule has 2 aromatic carbocycles. The fourth-order valence-electron chi connectivity index (χ4n) is 2.37. The summed E-state index contributed by atoms with van der Waals surface area (Å²) in [6, 6.07) is 12.5. The number of rotatable bonds is 6. The highest BCUT2D eigenvalue weighted by Gasteiger charge is 2.17. The second-order valence-electron chi connectivity index (χ2n) is 4.97. The van der Waals surface area contributed by atoms with Gasteiger partial charge in [-0.1, -0.05) is 54.4 Å². The van der Waals surface area contributed by atoms with Gasteiger partial charge in [-0.15, -0.1) is 0 Å². The van der Waals surface area contributed by atoms with Gasteiger partial charge in [0, 0.05) is 22.5 Å². The van der Waals surface area contributed by atoms with Crippen molar-refractivity contribution in [1.29, 1.82) is 0 Å². The number of nitrogens with one attached hydrogen (secondary N) is 1. The molecule has 0 aliphatic rings. The first-order valence-electron chi connectivity index (χ1n) is 7.01. The molecule has 0 fully saturated rings. The summed E-state index contributed by atoms with van der Waals surface area (Å²) in [5, 5.41) is 4.45. The van der Waals surface area contributed by atoms with E-state index in [2.05, 4.69) is 5.32 Å². The number of hydrogen-bond acceptors (Lipinski definition) is 1. The van der Waals surface area contributed by atoms with E-state index >= 15 is 0 Å². The fraction of sp³-hybridized carbons (Fsp3) is 0.294. The van der Waals surface area contributed by atoms with Gasteiger partial charge in [0.1, 0.15) is 5.82 Å². The van der Waals surface area contributed by atoms with Crippen LogP contribution in [0.25, 0.3) is 0 Å². The predicted octanol–water partition coefficient (Wildman–Crippen LogP) is 5.07. The molecule has 0 amide bonds. The first kappa shape index (κ1) is 16.3. The Balaban J connectivity index is 2.26. The van der Waals surface area contributed by atoms with E-state index < -0.39 is 0 Å². The highest BCUT2D eigenvalue weighted by atomic mass is 35.5.